The first kappa shape index (κ1) is 20.1. The first-order valence-corrected chi connectivity index (χ1v) is 10.9. The molecule has 0 bridgehead atoms. The second kappa shape index (κ2) is 7.09. The molecule has 1 fully saturated rings. The number of hydrogen-bond donors (Lipinski definition) is 1. The molecule has 2 aromatic rings. The van der Waals surface area contributed by atoms with Gasteiger partial charge in [0.15, 0.2) is 11.5 Å². The Morgan fingerprint density at radius 3 is 2.48 bits per heavy atom. The van der Waals surface area contributed by atoms with Gasteiger partial charge in [-0.05, 0) is 72.6 Å². The molecule has 2 aromatic carbocycles. The van der Waals surface area contributed by atoms with Crippen LogP contribution in [0.4, 0.5) is 0 Å². The molecule has 1 unspecified atom stereocenters. The molecule has 1 atom stereocenters. The lowest BCUT2D eigenvalue weighted by atomic mass is 9.61. The van der Waals surface area contributed by atoms with Crippen molar-refractivity contribution in [1.82, 2.24) is 4.90 Å². The average molecular weight is 420 g/mol. The van der Waals surface area contributed by atoms with E-state index in [0.29, 0.717) is 5.96 Å². The van der Waals surface area contributed by atoms with Gasteiger partial charge in [0.25, 0.3) is 5.91 Å². The van der Waals surface area contributed by atoms with Crippen LogP contribution in [0.5, 0.6) is 5.75 Å². The predicted molar refractivity (Wildman–Crippen MR) is 120 cm³/mol. The van der Waals surface area contributed by atoms with Crippen molar-refractivity contribution in [3.63, 3.8) is 0 Å². The normalized spacial score (nSPS) is 29.5. The van der Waals surface area contributed by atoms with Crippen LogP contribution in [0.2, 0.25) is 0 Å². The lowest BCUT2D eigenvalue weighted by Gasteiger charge is -2.45. The van der Waals surface area contributed by atoms with Gasteiger partial charge in [0.05, 0.1) is 13.2 Å². The van der Waals surface area contributed by atoms with Crippen LogP contribution < -0.4 is 10.5 Å². The Bertz CT molecular complexity index is 1070. The summed E-state index contributed by atoms with van der Waals surface area (Å²) in [4.78, 5) is 20.2. The molecule has 5 rings (SSSR count). The Balaban J connectivity index is 1.66. The summed E-state index contributed by atoms with van der Waals surface area (Å²) in [5.41, 5.74) is 9.32. The van der Waals surface area contributed by atoms with Crippen molar-refractivity contribution in [2.45, 2.75) is 43.7 Å². The highest BCUT2D eigenvalue weighted by molar-refractivity contribution is 6.08. The molecule has 2 aliphatic carbocycles. The number of aliphatic imine (C=N–C) groups is 1. The van der Waals surface area contributed by atoms with E-state index in [1.807, 2.05) is 18.2 Å². The third kappa shape index (κ3) is 2.74. The number of carbonyl (C=O) groups excluding carboxylic acids is 1. The second-order valence-corrected chi connectivity index (χ2v) is 9.04. The van der Waals surface area contributed by atoms with E-state index in [1.165, 1.54) is 10.5 Å². The smallest absolute Gasteiger partial charge is 0.262 e. The molecule has 6 heteroatoms. The van der Waals surface area contributed by atoms with E-state index >= 15 is 0 Å². The SMILES string of the molecule is COc1cccc(-c2ccc3c(c2)C2(N=C(N)N(C)C2=O)C2(CCC(OC)CC2)C3)c1. The van der Waals surface area contributed by atoms with E-state index in [0.717, 1.165) is 54.5 Å². The number of hydrogen-bond acceptors (Lipinski definition) is 5. The lowest BCUT2D eigenvalue weighted by Crippen LogP contribution is -2.51. The molecule has 162 valence electrons. The molecule has 1 aliphatic heterocycles. The number of fused-ring (bicyclic) bond motifs is 3. The fourth-order valence-corrected chi connectivity index (χ4v) is 5.91. The van der Waals surface area contributed by atoms with E-state index < -0.39 is 5.54 Å². The molecular weight excluding hydrogens is 390 g/mol. The lowest BCUT2D eigenvalue weighted by molar-refractivity contribution is -0.137. The van der Waals surface area contributed by atoms with Crippen molar-refractivity contribution < 1.29 is 14.3 Å². The standard InChI is InChI=1S/C25H29N3O3/c1-28-22(29)25(27-23(28)26)21-14-17(16-5-4-6-20(13-16)31-3)7-8-18(21)15-24(25)11-9-19(30-2)10-12-24/h4-8,13-14,19H,9-12,15H2,1-3H3,(H2,26,27). The number of carbonyl (C=O) groups is 1. The van der Waals surface area contributed by atoms with Crippen LogP contribution in [-0.2, 0) is 21.5 Å². The van der Waals surface area contributed by atoms with Crippen LogP contribution >= 0.6 is 0 Å². The van der Waals surface area contributed by atoms with Crippen molar-refractivity contribution in [2.75, 3.05) is 21.3 Å². The molecule has 0 saturated heterocycles. The van der Waals surface area contributed by atoms with Crippen molar-refractivity contribution in [2.24, 2.45) is 16.1 Å². The number of nitrogens with zero attached hydrogens (tertiary/aromatic N) is 2. The second-order valence-electron chi connectivity index (χ2n) is 9.04. The molecule has 1 saturated carbocycles. The van der Waals surface area contributed by atoms with Crippen molar-refractivity contribution in [3.05, 3.63) is 53.6 Å². The fourth-order valence-electron chi connectivity index (χ4n) is 5.91. The van der Waals surface area contributed by atoms with Gasteiger partial charge in [-0.15, -0.1) is 0 Å². The molecule has 2 N–H and O–H groups in total. The first-order chi connectivity index (χ1) is 14.9. The topological polar surface area (TPSA) is 77.2 Å². The molecule has 0 aromatic heterocycles. The quantitative estimate of drug-likeness (QED) is 0.826. The molecule has 6 nitrogen and oxygen atoms in total. The van der Waals surface area contributed by atoms with E-state index in [1.54, 1.807) is 21.3 Å². The Labute approximate surface area is 183 Å². The maximum Gasteiger partial charge on any atom is 0.262 e. The highest BCUT2D eigenvalue weighted by atomic mass is 16.5. The summed E-state index contributed by atoms with van der Waals surface area (Å²) in [6.07, 6.45) is 4.74. The summed E-state index contributed by atoms with van der Waals surface area (Å²) < 4.78 is 11.0. The molecular formula is C25H29N3O3. The van der Waals surface area contributed by atoms with E-state index in [2.05, 4.69) is 24.3 Å². The predicted octanol–water partition coefficient (Wildman–Crippen LogP) is 3.48. The Kier molecular flexibility index (Phi) is 4.59. The zero-order chi connectivity index (χ0) is 21.8. The van der Waals surface area contributed by atoms with Gasteiger partial charge in [0.1, 0.15) is 5.75 Å². The van der Waals surface area contributed by atoms with E-state index in [9.17, 15) is 4.79 Å². The molecule has 3 aliphatic rings. The number of likely N-dealkylation sites (N-methyl/N-ethyl adjacent to an activating group) is 1. The summed E-state index contributed by atoms with van der Waals surface area (Å²) in [5, 5.41) is 0. The van der Waals surface area contributed by atoms with Gasteiger partial charge in [0.2, 0.25) is 0 Å². The maximum absolute atomic E-state index is 13.8. The Morgan fingerprint density at radius 2 is 1.84 bits per heavy atom. The average Bonchev–Trinajstić information content (AvgIpc) is 3.20. The summed E-state index contributed by atoms with van der Waals surface area (Å²) >= 11 is 0. The third-order valence-corrected chi connectivity index (χ3v) is 7.66. The number of rotatable bonds is 3. The summed E-state index contributed by atoms with van der Waals surface area (Å²) in [6.45, 7) is 0. The van der Waals surface area contributed by atoms with Crippen LogP contribution in [0, 0.1) is 5.41 Å². The van der Waals surface area contributed by atoms with E-state index in [-0.39, 0.29) is 17.4 Å². The van der Waals surface area contributed by atoms with Gasteiger partial charge in [-0.25, -0.2) is 4.99 Å². The van der Waals surface area contributed by atoms with Crippen LogP contribution in [0.15, 0.2) is 47.5 Å². The number of amides is 1. The minimum absolute atomic E-state index is 0.0117. The van der Waals surface area contributed by atoms with Gasteiger partial charge < -0.3 is 15.2 Å². The highest BCUT2D eigenvalue weighted by Crippen LogP contribution is 2.62. The Hall–Kier alpha value is -2.86. The summed E-state index contributed by atoms with van der Waals surface area (Å²) in [6, 6.07) is 14.4. The Morgan fingerprint density at radius 1 is 1.10 bits per heavy atom. The van der Waals surface area contributed by atoms with Gasteiger partial charge >= 0.3 is 0 Å². The van der Waals surface area contributed by atoms with Crippen LogP contribution in [-0.4, -0.2) is 44.1 Å². The van der Waals surface area contributed by atoms with Gasteiger partial charge in [-0.1, -0.05) is 24.3 Å². The third-order valence-electron chi connectivity index (χ3n) is 7.66. The minimum atomic E-state index is -0.950. The van der Waals surface area contributed by atoms with E-state index in [4.69, 9.17) is 20.2 Å². The van der Waals surface area contributed by atoms with Crippen molar-refractivity contribution >= 4 is 11.9 Å². The van der Waals surface area contributed by atoms with Gasteiger partial charge in [-0.2, -0.15) is 0 Å². The molecule has 2 spiro atoms. The largest absolute Gasteiger partial charge is 0.497 e. The number of methoxy groups -OCH3 is 2. The molecule has 31 heavy (non-hydrogen) atoms. The zero-order valence-electron chi connectivity index (χ0n) is 18.4. The number of benzene rings is 2. The van der Waals surface area contributed by atoms with Gasteiger partial charge in [-0.3, -0.25) is 9.69 Å². The van der Waals surface area contributed by atoms with Crippen molar-refractivity contribution in [3.8, 4) is 16.9 Å². The summed E-state index contributed by atoms with van der Waals surface area (Å²) in [5.74, 6) is 1.10. The fraction of sp³-hybridized carbons (Fsp3) is 0.440. The maximum atomic E-state index is 13.8. The molecule has 1 amide bonds. The van der Waals surface area contributed by atoms with Crippen LogP contribution in [0.3, 0.4) is 0 Å². The van der Waals surface area contributed by atoms with Crippen LogP contribution in [0.1, 0.15) is 36.8 Å². The number of ether oxygens (including phenoxy) is 2. The minimum Gasteiger partial charge on any atom is -0.497 e. The number of nitrogens with two attached hydrogens (primary N) is 1. The zero-order valence-corrected chi connectivity index (χ0v) is 18.4. The monoisotopic (exact) mass is 419 g/mol. The van der Waals surface area contributed by atoms with Gasteiger partial charge in [0, 0.05) is 19.6 Å². The first-order valence-electron chi connectivity index (χ1n) is 10.9. The highest BCUT2D eigenvalue weighted by Gasteiger charge is 2.66. The molecule has 1 heterocycles. The van der Waals surface area contributed by atoms with Crippen LogP contribution in [0.25, 0.3) is 11.1 Å². The molecule has 0 radical (unpaired) electrons. The number of guanidine groups is 1. The van der Waals surface area contributed by atoms with Crippen molar-refractivity contribution in [1.29, 1.82) is 0 Å². The summed E-state index contributed by atoms with van der Waals surface area (Å²) in [7, 11) is 5.17.